The molecule has 0 aromatic heterocycles. The number of aliphatic hydroxyl groups excluding tert-OH is 3. The minimum absolute atomic E-state index is 0.140. The molecule has 1 fully saturated rings. The number of primary amides is 1. The monoisotopic (exact) mass is 569 g/mol. The zero-order valence-electron chi connectivity index (χ0n) is 23.6. The first-order valence-corrected chi connectivity index (χ1v) is 13.0. The number of hydrogen-bond donors (Lipinski definition) is 7. The van der Waals surface area contributed by atoms with E-state index in [1.165, 1.54) is 37.2 Å². The second-order valence-electron chi connectivity index (χ2n) is 12.1. The number of nitrogens with zero attached hydrogens (tertiary/aromatic N) is 1. The molecule has 3 aliphatic rings. The standard InChI is InChI=1S/C29H35N3O9/c1-11-13-9-7-12(8-10-14(33)31-28(2,3)4)21(34)16(13)22(35)17-15(11)23(36)19-20(32(5)6)24(37)18(27(30)40)26(39)29(19,41)25(17)38/h7-11,15,19-20,23,34-36,39,41H,1-6H3,(H2,30,40)(H,31,33)/b10-8+. The van der Waals surface area contributed by atoms with Gasteiger partial charge in [-0.3, -0.25) is 24.1 Å². The Morgan fingerprint density at radius 2 is 1.73 bits per heavy atom. The highest BCUT2D eigenvalue weighted by atomic mass is 16.4. The van der Waals surface area contributed by atoms with Gasteiger partial charge in [-0.15, -0.1) is 0 Å². The zero-order chi connectivity index (χ0) is 30.9. The molecular weight excluding hydrogens is 534 g/mol. The van der Waals surface area contributed by atoms with Gasteiger partial charge in [0.05, 0.1) is 23.6 Å². The second kappa shape index (κ2) is 9.82. The molecule has 6 atom stereocenters. The summed E-state index contributed by atoms with van der Waals surface area (Å²) >= 11 is 0. The number of nitrogens with one attached hydrogen (secondary N) is 1. The minimum Gasteiger partial charge on any atom is -0.508 e. The van der Waals surface area contributed by atoms with Crippen molar-refractivity contribution in [2.45, 2.75) is 56.9 Å². The lowest BCUT2D eigenvalue weighted by molar-refractivity contribution is -0.169. The molecule has 0 heterocycles. The third kappa shape index (κ3) is 4.42. The summed E-state index contributed by atoms with van der Waals surface area (Å²) in [5, 5.41) is 59.6. The second-order valence-corrected chi connectivity index (χ2v) is 12.1. The van der Waals surface area contributed by atoms with Gasteiger partial charge in [0.1, 0.15) is 22.8 Å². The van der Waals surface area contributed by atoms with Gasteiger partial charge in [0.15, 0.2) is 11.4 Å². The molecule has 6 unspecified atom stereocenters. The number of nitrogens with two attached hydrogens (primary N) is 1. The van der Waals surface area contributed by atoms with Gasteiger partial charge in [-0.05, 0) is 52.4 Å². The molecule has 12 nitrogen and oxygen atoms in total. The fraction of sp³-hybridized carbons (Fsp3) is 0.448. The molecule has 8 N–H and O–H groups in total. The number of aromatic hydroxyl groups is 1. The number of carbonyl (C=O) groups excluding carboxylic acids is 4. The zero-order valence-corrected chi connectivity index (χ0v) is 23.6. The SMILES string of the molecule is CC1c2ccc(/C=C/C(=O)NC(C)(C)C)c(O)c2C(O)=C2C(=O)C3(O)C(O)=C(C(N)=O)C(=O)C(N(C)C)C3C(O)C21. The summed E-state index contributed by atoms with van der Waals surface area (Å²) in [6, 6.07) is 1.66. The van der Waals surface area contributed by atoms with Gasteiger partial charge in [-0.25, -0.2) is 0 Å². The average molecular weight is 570 g/mol. The van der Waals surface area contributed by atoms with E-state index in [0.717, 1.165) is 0 Å². The van der Waals surface area contributed by atoms with Crippen LogP contribution in [0.2, 0.25) is 0 Å². The first-order valence-electron chi connectivity index (χ1n) is 13.0. The molecule has 0 spiro atoms. The molecule has 0 saturated heterocycles. The van der Waals surface area contributed by atoms with Gasteiger partial charge in [0.2, 0.25) is 11.7 Å². The van der Waals surface area contributed by atoms with Gasteiger partial charge >= 0.3 is 0 Å². The molecule has 4 rings (SSSR count). The fourth-order valence-corrected chi connectivity index (χ4v) is 6.34. The number of rotatable bonds is 4. The van der Waals surface area contributed by atoms with Gasteiger partial charge in [0, 0.05) is 28.7 Å². The molecule has 12 heteroatoms. The molecule has 1 saturated carbocycles. The van der Waals surface area contributed by atoms with Crippen molar-refractivity contribution < 1.29 is 44.7 Å². The third-order valence-corrected chi connectivity index (χ3v) is 8.07. The number of amides is 2. The van der Waals surface area contributed by atoms with E-state index in [-0.39, 0.29) is 11.1 Å². The predicted octanol–water partition coefficient (Wildman–Crippen LogP) is 0.424. The van der Waals surface area contributed by atoms with Gasteiger partial charge in [0.25, 0.3) is 5.91 Å². The lowest BCUT2D eigenvalue weighted by Gasteiger charge is -2.53. The highest BCUT2D eigenvalue weighted by Crippen LogP contribution is 2.56. The van der Waals surface area contributed by atoms with E-state index in [2.05, 4.69) is 5.32 Å². The highest BCUT2D eigenvalue weighted by molar-refractivity contribution is 6.24. The van der Waals surface area contributed by atoms with Crippen LogP contribution in [0.25, 0.3) is 11.8 Å². The molecule has 0 aliphatic heterocycles. The molecule has 220 valence electrons. The van der Waals surface area contributed by atoms with Gasteiger partial charge in [-0.2, -0.15) is 0 Å². The molecule has 3 aliphatic carbocycles. The van der Waals surface area contributed by atoms with E-state index in [4.69, 9.17) is 5.73 Å². The maximum absolute atomic E-state index is 14.0. The molecule has 41 heavy (non-hydrogen) atoms. The van der Waals surface area contributed by atoms with E-state index in [0.29, 0.717) is 5.56 Å². The van der Waals surface area contributed by atoms with Crippen LogP contribution in [-0.2, 0) is 19.2 Å². The summed E-state index contributed by atoms with van der Waals surface area (Å²) in [5.41, 5.74) is 0.725. The first-order chi connectivity index (χ1) is 18.9. The fourth-order valence-electron chi connectivity index (χ4n) is 6.34. The number of hydrogen-bond acceptors (Lipinski definition) is 10. The van der Waals surface area contributed by atoms with Crippen molar-refractivity contribution in [1.29, 1.82) is 0 Å². The minimum atomic E-state index is -2.98. The van der Waals surface area contributed by atoms with Crippen molar-refractivity contribution >= 4 is 35.2 Å². The van der Waals surface area contributed by atoms with Gasteiger partial charge < -0.3 is 36.6 Å². The number of phenols is 1. The van der Waals surface area contributed by atoms with Crippen LogP contribution in [0.15, 0.2) is 35.1 Å². The predicted molar refractivity (Wildman–Crippen MR) is 147 cm³/mol. The lowest BCUT2D eigenvalue weighted by Crippen LogP contribution is -2.70. The lowest BCUT2D eigenvalue weighted by atomic mass is 9.54. The number of fused-ring (bicyclic) bond motifs is 3. The van der Waals surface area contributed by atoms with Crippen LogP contribution in [0.3, 0.4) is 0 Å². The number of benzene rings is 1. The largest absolute Gasteiger partial charge is 0.508 e. The number of aliphatic hydroxyl groups is 4. The number of carbonyl (C=O) groups is 4. The Bertz CT molecular complexity index is 1470. The Morgan fingerprint density at radius 3 is 2.27 bits per heavy atom. The summed E-state index contributed by atoms with van der Waals surface area (Å²) in [7, 11) is 2.89. The summed E-state index contributed by atoms with van der Waals surface area (Å²) in [5.74, 6) is -10.0. The van der Waals surface area contributed by atoms with Crippen LogP contribution in [0.1, 0.15) is 50.3 Å². The summed E-state index contributed by atoms with van der Waals surface area (Å²) in [6.07, 6.45) is 0.853. The van der Waals surface area contributed by atoms with E-state index >= 15 is 0 Å². The van der Waals surface area contributed by atoms with Crippen LogP contribution in [-0.4, -0.2) is 91.2 Å². The molecule has 1 aromatic carbocycles. The Labute approximate surface area is 236 Å². The van der Waals surface area contributed by atoms with Crippen molar-refractivity contribution in [3.8, 4) is 5.75 Å². The Hall–Kier alpha value is -4.00. The summed E-state index contributed by atoms with van der Waals surface area (Å²) in [6.45, 7) is 7.04. The van der Waals surface area contributed by atoms with Gasteiger partial charge in [-0.1, -0.05) is 19.1 Å². The molecule has 1 aromatic rings. The van der Waals surface area contributed by atoms with Crippen LogP contribution in [0.4, 0.5) is 0 Å². The van der Waals surface area contributed by atoms with Crippen molar-refractivity contribution in [3.05, 3.63) is 51.8 Å². The Kier molecular flexibility index (Phi) is 7.18. The van der Waals surface area contributed by atoms with E-state index in [9.17, 15) is 44.7 Å². The van der Waals surface area contributed by atoms with E-state index in [1.807, 2.05) is 0 Å². The van der Waals surface area contributed by atoms with Crippen LogP contribution < -0.4 is 11.1 Å². The summed E-state index contributed by atoms with van der Waals surface area (Å²) < 4.78 is 0. The molecule has 2 amide bonds. The quantitative estimate of drug-likeness (QED) is 0.196. The van der Waals surface area contributed by atoms with Crippen molar-refractivity contribution in [2.75, 3.05) is 14.1 Å². The Balaban J connectivity index is 1.92. The average Bonchev–Trinajstić information content (AvgIpc) is 2.84. The maximum Gasteiger partial charge on any atom is 0.255 e. The van der Waals surface area contributed by atoms with Crippen molar-refractivity contribution in [2.24, 2.45) is 17.6 Å². The number of ketones is 2. The van der Waals surface area contributed by atoms with E-state index < -0.39 is 92.8 Å². The summed E-state index contributed by atoms with van der Waals surface area (Å²) in [4.78, 5) is 52.9. The van der Waals surface area contributed by atoms with E-state index in [1.54, 1.807) is 33.8 Å². The van der Waals surface area contributed by atoms with Crippen LogP contribution >= 0.6 is 0 Å². The highest BCUT2D eigenvalue weighted by Gasteiger charge is 2.68. The number of phenolic OH excluding ortho intramolecular Hbond substituents is 1. The molecular formula is C29H35N3O9. The Morgan fingerprint density at radius 1 is 1.12 bits per heavy atom. The van der Waals surface area contributed by atoms with Crippen LogP contribution in [0.5, 0.6) is 5.75 Å². The number of Topliss-reactive ketones (excluding diaryl/α,β-unsaturated/α-hetero) is 2. The van der Waals surface area contributed by atoms with Crippen molar-refractivity contribution in [1.82, 2.24) is 10.2 Å². The molecule has 0 radical (unpaired) electrons. The third-order valence-electron chi connectivity index (χ3n) is 8.07. The normalized spacial score (nSPS) is 29.9. The first kappa shape index (κ1) is 30.0. The van der Waals surface area contributed by atoms with Crippen LogP contribution in [0, 0.1) is 11.8 Å². The molecule has 0 bridgehead atoms. The smallest absolute Gasteiger partial charge is 0.255 e. The number of likely N-dealkylation sites (N-methyl/N-ethyl adjacent to an activating group) is 1. The maximum atomic E-state index is 14.0. The topological polar surface area (TPSA) is 211 Å². The van der Waals surface area contributed by atoms with Crippen molar-refractivity contribution in [3.63, 3.8) is 0 Å².